The van der Waals surface area contributed by atoms with Gasteiger partial charge in [-0.3, -0.25) is 0 Å². The molecule has 0 aliphatic rings. The van der Waals surface area contributed by atoms with Crippen molar-refractivity contribution in [3.63, 3.8) is 0 Å². The summed E-state index contributed by atoms with van der Waals surface area (Å²) >= 11 is 0. The third-order valence-corrected chi connectivity index (χ3v) is 1.68. The van der Waals surface area contributed by atoms with Crippen LogP contribution in [0.3, 0.4) is 0 Å². The molecule has 2 atom stereocenters. The number of hydrogen-bond acceptors (Lipinski definition) is 0. The Labute approximate surface area is 70.0 Å². The van der Waals surface area contributed by atoms with Crippen molar-refractivity contribution in [1.82, 2.24) is 0 Å². The Bertz CT molecular complexity index is 119. The van der Waals surface area contributed by atoms with Gasteiger partial charge in [-0.25, -0.2) is 4.39 Å². The lowest BCUT2D eigenvalue weighted by Crippen LogP contribution is -2.16. The minimum Gasteiger partial charge on any atom is -0.247 e. The Balaban J connectivity index is 3.66. The van der Waals surface area contributed by atoms with Crippen molar-refractivity contribution in [3.05, 3.63) is 0 Å². The zero-order valence-electron chi connectivity index (χ0n) is 7.29. The van der Waals surface area contributed by atoms with E-state index in [1.54, 1.807) is 6.92 Å². The Morgan fingerprint density at radius 3 is 2.08 bits per heavy atom. The molecule has 0 N–H and O–H groups in total. The number of hydrogen-bond donors (Lipinski definition) is 0. The van der Waals surface area contributed by atoms with Crippen molar-refractivity contribution in [3.8, 4) is 0 Å². The van der Waals surface area contributed by atoms with Gasteiger partial charge in [0, 0.05) is 6.42 Å². The van der Waals surface area contributed by atoms with Gasteiger partial charge in [0.05, 0.1) is 0 Å². The highest BCUT2D eigenvalue weighted by Gasteiger charge is 2.30. The van der Waals surface area contributed by atoms with Gasteiger partial charge in [-0.2, -0.15) is 13.2 Å². The predicted molar refractivity (Wildman–Crippen MR) is 39.6 cm³/mol. The number of rotatable bonds is 4. The molecule has 0 heterocycles. The fourth-order valence-electron chi connectivity index (χ4n) is 1.08. The highest BCUT2D eigenvalue weighted by molar-refractivity contribution is 4.64. The molecule has 2 unspecified atom stereocenters. The number of alkyl halides is 4. The van der Waals surface area contributed by atoms with E-state index in [0.29, 0.717) is 6.42 Å². The summed E-state index contributed by atoms with van der Waals surface area (Å²) in [6, 6.07) is 0. The van der Waals surface area contributed by atoms with Crippen molar-refractivity contribution < 1.29 is 17.6 Å². The summed E-state index contributed by atoms with van der Waals surface area (Å²) in [6.07, 6.45) is -5.83. The van der Waals surface area contributed by atoms with Crippen LogP contribution in [0.25, 0.3) is 0 Å². The van der Waals surface area contributed by atoms with Crippen LogP contribution in [-0.4, -0.2) is 12.3 Å². The summed E-state index contributed by atoms with van der Waals surface area (Å²) in [6.45, 7) is 3.06. The van der Waals surface area contributed by atoms with Crippen LogP contribution in [0.2, 0.25) is 0 Å². The lowest BCUT2D eigenvalue weighted by Gasteiger charge is -2.15. The second-order valence-electron chi connectivity index (χ2n) is 3.17. The molecule has 0 rings (SSSR count). The first-order valence-electron chi connectivity index (χ1n) is 4.06. The summed E-state index contributed by atoms with van der Waals surface area (Å²) in [5, 5.41) is 0. The molecule has 0 nitrogen and oxygen atoms in total. The second kappa shape index (κ2) is 4.67. The Morgan fingerprint density at radius 1 is 1.25 bits per heavy atom. The van der Waals surface area contributed by atoms with Gasteiger partial charge in [-0.1, -0.05) is 13.8 Å². The molecule has 0 spiro atoms. The molecule has 0 saturated heterocycles. The van der Waals surface area contributed by atoms with E-state index in [4.69, 9.17) is 0 Å². The van der Waals surface area contributed by atoms with E-state index in [1.165, 1.54) is 6.92 Å². The van der Waals surface area contributed by atoms with Crippen LogP contribution in [0.4, 0.5) is 17.6 Å². The first-order chi connectivity index (χ1) is 5.35. The van der Waals surface area contributed by atoms with Gasteiger partial charge in [0.1, 0.15) is 6.17 Å². The van der Waals surface area contributed by atoms with Crippen molar-refractivity contribution in [1.29, 1.82) is 0 Å². The van der Waals surface area contributed by atoms with Crippen LogP contribution in [0.5, 0.6) is 0 Å². The highest BCUT2D eigenvalue weighted by atomic mass is 19.4. The van der Waals surface area contributed by atoms with E-state index >= 15 is 0 Å². The van der Waals surface area contributed by atoms with Gasteiger partial charge in [0.25, 0.3) is 0 Å². The largest absolute Gasteiger partial charge is 0.389 e. The monoisotopic (exact) mass is 186 g/mol. The Morgan fingerprint density at radius 2 is 1.75 bits per heavy atom. The maximum atomic E-state index is 12.6. The second-order valence-corrected chi connectivity index (χ2v) is 3.17. The molecule has 12 heavy (non-hydrogen) atoms. The van der Waals surface area contributed by atoms with Crippen LogP contribution < -0.4 is 0 Å². The molecule has 0 radical (unpaired) electrons. The van der Waals surface area contributed by atoms with E-state index in [2.05, 4.69) is 0 Å². The Kier molecular flexibility index (Phi) is 4.57. The predicted octanol–water partition coefficient (Wildman–Crippen LogP) is 3.71. The van der Waals surface area contributed by atoms with Crippen LogP contribution in [0, 0.1) is 5.92 Å². The van der Waals surface area contributed by atoms with E-state index in [9.17, 15) is 17.6 Å². The summed E-state index contributed by atoms with van der Waals surface area (Å²) in [7, 11) is 0. The average Bonchev–Trinajstić information content (AvgIpc) is 1.82. The molecular weight excluding hydrogens is 172 g/mol. The van der Waals surface area contributed by atoms with Gasteiger partial charge in [-0.15, -0.1) is 0 Å². The van der Waals surface area contributed by atoms with E-state index in [1.807, 2.05) is 0 Å². The van der Waals surface area contributed by atoms with Crippen LogP contribution in [0.1, 0.15) is 33.1 Å². The van der Waals surface area contributed by atoms with E-state index < -0.39 is 24.7 Å². The van der Waals surface area contributed by atoms with E-state index in [0.717, 1.165) is 0 Å². The summed E-state index contributed by atoms with van der Waals surface area (Å²) in [5.74, 6) is -0.611. The Hall–Kier alpha value is -0.280. The molecule has 0 fully saturated rings. The first kappa shape index (κ1) is 11.7. The third kappa shape index (κ3) is 6.43. The number of halogens is 4. The SMILES string of the molecule is CCC(F)CC(C)CC(F)(F)F. The molecule has 0 bridgehead atoms. The minimum absolute atomic E-state index is 0.00993. The maximum absolute atomic E-state index is 12.6. The smallest absolute Gasteiger partial charge is 0.247 e. The van der Waals surface area contributed by atoms with Crippen LogP contribution in [0.15, 0.2) is 0 Å². The molecule has 0 aliphatic carbocycles. The van der Waals surface area contributed by atoms with Gasteiger partial charge >= 0.3 is 6.18 Å². The fourth-order valence-corrected chi connectivity index (χ4v) is 1.08. The van der Waals surface area contributed by atoms with Gasteiger partial charge < -0.3 is 0 Å². The zero-order chi connectivity index (χ0) is 9.78. The topological polar surface area (TPSA) is 0 Å². The molecule has 0 aromatic rings. The standard InChI is InChI=1S/C8H14F4/c1-3-7(9)4-6(2)5-8(10,11)12/h6-7H,3-5H2,1-2H3. The molecule has 4 heteroatoms. The molecule has 74 valence electrons. The zero-order valence-corrected chi connectivity index (χ0v) is 7.29. The highest BCUT2D eigenvalue weighted by Crippen LogP contribution is 2.27. The molecule has 0 aromatic heterocycles. The molecular formula is C8H14F4. The van der Waals surface area contributed by atoms with E-state index in [-0.39, 0.29) is 6.42 Å². The fraction of sp³-hybridized carbons (Fsp3) is 1.00. The van der Waals surface area contributed by atoms with Crippen molar-refractivity contribution in [2.75, 3.05) is 0 Å². The van der Waals surface area contributed by atoms with Crippen LogP contribution >= 0.6 is 0 Å². The molecule has 0 saturated carbocycles. The lowest BCUT2D eigenvalue weighted by atomic mass is 9.99. The molecule has 0 amide bonds. The molecule has 0 aromatic carbocycles. The van der Waals surface area contributed by atoms with Crippen molar-refractivity contribution in [2.24, 2.45) is 5.92 Å². The summed E-state index contributed by atoms with van der Waals surface area (Å²) in [4.78, 5) is 0. The van der Waals surface area contributed by atoms with Gasteiger partial charge in [0.15, 0.2) is 0 Å². The normalized spacial score (nSPS) is 17.5. The minimum atomic E-state index is -4.16. The quantitative estimate of drug-likeness (QED) is 0.587. The lowest BCUT2D eigenvalue weighted by molar-refractivity contribution is -0.144. The third-order valence-electron chi connectivity index (χ3n) is 1.68. The van der Waals surface area contributed by atoms with Crippen molar-refractivity contribution >= 4 is 0 Å². The average molecular weight is 186 g/mol. The van der Waals surface area contributed by atoms with Gasteiger partial charge in [0.2, 0.25) is 0 Å². The molecule has 0 aliphatic heterocycles. The summed E-state index contributed by atoms with van der Waals surface area (Å²) in [5.41, 5.74) is 0. The van der Waals surface area contributed by atoms with Gasteiger partial charge in [-0.05, 0) is 18.8 Å². The first-order valence-corrected chi connectivity index (χ1v) is 4.06. The van der Waals surface area contributed by atoms with Crippen LogP contribution in [-0.2, 0) is 0 Å². The summed E-state index contributed by atoms with van der Waals surface area (Å²) < 4.78 is 47.8. The van der Waals surface area contributed by atoms with Crippen molar-refractivity contribution in [2.45, 2.75) is 45.5 Å². The maximum Gasteiger partial charge on any atom is 0.389 e.